The van der Waals surface area contributed by atoms with Crippen LogP contribution in [0.2, 0.25) is 5.02 Å². The lowest BCUT2D eigenvalue weighted by Crippen LogP contribution is -2.26. The van der Waals surface area contributed by atoms with Gasteiger partial charge in [-0.05, 0) is 36.4 Å². The monoisotopic (exact) mass is 370 g/mol. The number of hydrogen-bond donors (Lipinski definition) is 1. The topological polar surface area (TPSA) is 58.1 Å². The second-order valence-corrected chi connectivity index (χ2v) is 6.05. The molecule has 0 aliphatic carbocycles. The first-order chi connectivity index (χ1) is 12.5. The lowest BCUT2D eigenvalue weighted by atomic mass is 10.1. The Hall–Kier alpha value is -2.99. The maximum Gasteiger partial charge on any atom is 0.253 e. The first-order valence-corrected chi connectivity index (χ1v) is 8.25. The standard InChI is InChI=1S/C19H16ClFN4O/c1-25(12-15-16(20)7-3-8-17(15)21)18(26)13-5-2-6-14(11-13)24-19-22-9-4-10-23-19/h2-11H,12H2,1H3,(H,22,23,24). The number of rotatable bonds is 5. The maximum atomic E-state index is 13.9. The van der Waals surface area contributed by atoms with Crippen molar-refractivity contribution in [3.05, 3.63) is 82.9 Å². The summed E-state index contributed by atoms with van der Waals surface area (Å²) in [5.74, 6) is -0.251. The van der Waals surface area contributed by atoms with Crippen molar-refractivity contribution in [2.45, 2.75) is 6.54 Å². The van der Waals surface area contributed by atoms with Gasteiger partial charge in [0.05, 0.1) is 0 Å². The fourth-order valence-corrected chi connectivity index (χ4v) is 2.66. The van der Waals surface area contributed by atoms with E-state index in [1.165, 1.54) is 17.0 Å². The molecule has 7 heteroatoms. The number of amides is 1. The molecular weight excluding hydrogens is 355 g/mol. The van der Waals surface area contributed by atoms with Crippen LogP contribution in [0, 0.1) is 5.82 Å². The molecule has 3 rings (SSSR count). The fraction of sp³-hybridized carbons (Fsp3) is 0.105. The summed E-state index contributed by atoms with van der Waals surface area (Å²) in [5.41, 5.74) is 1.43. The first-order valence-electron chi connectivity index (χ1n) is 7.87. The average Bonchev–Trinajstić information content (AvgIpc) is 2.65. The van der Waals surface area contributed by atoms with Crippen LogP contribution in [0.3, 0.4) is 0 Å². The van der Waals surface area contributed by atoms with E-state index in [0.29, 0.717) is 22.2 Å². The molecule has 0 aliphatic rings. The van der Waals surface area contributed by atoms with Gasteiger partial charge in [0.25, 0.3) is 5.91 Å². The molecule has 5 nitrogen and oxygen atoms in total. The Balaban J connectivity index is 1.76. The highest BCUT2D eigenvalue weighted by Gasteiger charge is 2.16. The number of carbonyl (C=O) groups is 1. The van der Waals surface area contributed by atoms with Crippen molar-refractivity contribution >= 4 is 29.1 Å². The van der Waals surface area contributed by atoms with Crippen molar-refractivity contribution in [3.8, 4) is 0 Å². The third-order valence-corrected chi connectivity index (χ3v) is 4.09. The Bertz CT molecular complexity index is 900. The molecule has 26 heavy (non-hydrogen) atoms. The number of halogens is 2. The Morgan fingerprint density at radius 3 is 2.62 bits per heavy atom. The zero-order chi connectivity index (χ0) is 18.5. The molecule has 0 radical (unpaired) electrons. The smallest absolute Gasteiger partial charge is 0.253 e. The van der Waals surface area contributed by atoms with Gasteiger partial charge in [0.1, 0.15) is 5.82 Å². The van der Waals surface area contributed by atoms with Crippen molar-refractivity contribution in [2.75, 3.05) is 12.4 Å². The van der Waals surface area contributed by atoms with E-state index in [-0.39, 0.29) is 18.0 Å². The van der Waals surface area contributed by atoms with Crippen molar-refractivity contribution in [3.63, 3.8) is 0 Å². The number of aromatic nitrogens is 2. The zero-order valence-electron chi connectivity index (χ0n) is 14.0. The van der Waals surface area contributed by atoms with Crippen LogP contribution in [-0.2, 0) is 6.54 Å². The van der Waals surface area contributed by atoms with Gasteiger partial charge in [-0.15, -0.1) is 0 Å². The molecule has 1 aromatic heterocycles. The number of nitrogens with one attached hydrogen (secondary N) is 1. The molecule has 0 saturated heterocycles. The van der Waals surface area contributed by atoms with Crippen LogP contribution in [0.4, 0.5) is 16.0 Å². The van der Waals surface area contributed by atoms with Crippen molar-refractivity contribution in [1.29, 1.82) is 0 Å². The Labute approximate surface area is 155 Å². The molecule has 1 N–H and O–H groups in total. The van der Waals surface area contributed by atoms with Gasteiger partial charge < -0.3 is 10.2 Å². The van der Waals surface area contributed by atoms with Crippen molar-refractivity contribution in [1.82, 2.24) is 14.9 Å². The van der Waals surface area contributed by atoms with E-state index in [1.807, 2.05) is 0 Å². The Morgan fingerprint density at radius 1 is 1.15 bits per heavy atom. The summed E-state index contributed by atoms with van der Waals surface area (Å²) < 4.78 is 13.9. The quantitative estimate of drug-likeness (QED) is 0.728. The first kappa shape index (κ1) is 17.8. The summed E-state index contributed by atoms with van der Waals surface area (Å²) >= 11 is 6.04. The highest BCUT2D eigenvalue weighted by molar-refractivity contribution is 6.31. The van der Waals surface area contributed by atoms with Gasteiger partial charge in [0.15, 0.2) is 0 Å². The van der Waals surface area contributed by atoms with Crippen LogP contribution in [0.1, 0.15) is 15.9 Å². The number of anilines is 2. The molecule has 1 heterocycles. The molecule has 0 fully saturated rings. The zero-order valence-corrected chi connectivity index (χ0v) is 14.7. The second kappa shape index (κ2) is 7.93. The average molecular weight is 371 g/mol. The number of benzene rings is 2. The molecule has 0 bridgehead atoms. The highest BCUT2D eigenvalue weighted by Crippen LogP contribution is 2.22. The van der Waals surface area contributed by atoms with Gasteiger partial charge in [0.2, 0.25) is 5.95 Å². The Morgan fingerprint density at radius 2 is 1.88 bits per heavy atom. The van der Waals surface area contributed by atoms with Gasteiger partial charge in [0, 0.05) is 47.8 Å². The van der Waals surface area contributed by atoms with E-state index < -0.39 is 5.82 Å². The summed E-state index contributed by atoms with van der Waals surface area (Å²) in [4.78, 5) is 22.3. The fourth-order valence-electron chi connectivity index (χ4n) is 2.44. The highest BCUT2D eigenvalue weighted by atomic mass is 35.5. The van der Waals surface area contributed by atoms with E-state index in [4.69, 9.17) is 11.6 Å². The maximum absolute atomic E-state index is 13.9. The normalized spacial score (nSPS) is 10.4. The third-order valence-electron chi connectivity index (χ3n) is 3.74. The molecule has 0 spiro atoms. The molecule has 0 unspecified atom stereocenters. The van der Waals surface area contributed by atoms with E-state index in [1.54, 1.807) is 55.8 Å². The number of hydrogen-bond acceptors (Lipinski definition) is 4. The van der Waals surface area contributed by atoms with E-state index >= 15 is 0 Å². The molecule has 0 saturated carbocycles. The van der Waals surface area contributed by atoms with Crippen LogP contribution in [-0.4, -0.2) is 27.8 Å². The molecule has 3 aromatic rings. The van der Waals surface area contributed by atoms with E-state index in [2.05, 4.69) is 15.3 Å². The summed E-state index contributed by atoms with van der Waals surface area (Å²) in [6.07, 6.45) is 3.24. The van der Waals surface area contributed by atoms with Gasteiger partial charge in [-0.2, -0.15) is 0 Å². The van der Waals surface area contributed by atoms with E-state index in [9.17, 15) is 9.18 Å². The minimum absolute atomic E-state index is 0.0732. The minimum atomic E-state index is -0.436. The summed E-state index contributed by atoms with van der Waals surface area (Å²) in [6.45, 7) is 0.0732. The van der Waals surface area contributed by atoms with Crippen LogP contribution < -0.4 is 5.32 Å². The van der Waals surface area contributed by atoms with Crippen LogP contribution >= 0.6 is 11.6 Å². The minimum Gasteiger partial charge on any atom is -0.337 e. The van der Waals surface area contributed by atoms with Crippen molar-refractivity contribution < 1.29 is 9.18 Å². The third kappa shape index (κ3) is 4.15. The second-order valence-electron chi connectivity index (χ2n) is 5.64. The van der Waals surface area contributed by atoms with Crippen LogP contribution in [0.5, 0.6) is 0 Å². The van der Waals surface area contributed by atoms with Gasteiger partial charge in [-0.1, -0.05) is 23.7 Å². The van der Waals surface area contributed by atoms with E-state index in [0.717, 1.165) is 0 Å². The van der Waals surface area contributed by atoms with Gasteiger partial charge in [-0.3, -0.25) is 4.79 Å². The SMILES string of the molecule is CN(Cc1c(F)cccc1Cl)C(=O)c1cccc(Nc2ncccn2)c1. The van der Waals surface area contributed by atoms with Gasteiger partial charge >= 0.3 is 0 Å². The number of carbonyl (C=O) groups excluding carboxylic acids is 1. The molecule has 132 valence electrons. The Kier molecular flexibility index (Phi) is 5.43. The summed E-state index contributed by atoms with van der Waals surface area (Å²) in [6, 6.07) is 13.1. The van der Waals surface area contributed by atoms with Crippen molar-refractivity contribution in [2.24, 2.45) is 0 Å². The molecule has 1 amide bonds. The molecule has 2 aromatic carbocycles. The number of nitrogens with zero attached hydrogens (tertiary/aromatic N) is 3. The molecule has 0 aliphatic heterocycles. The summed E-state index contributed by atoms with van der Waals surface area (Å²) in [5, 5.41) is 3.32. The van der Waals surface area contributed by atoms with Crippen LogP contribution in [0.25, 0.3) is 0 Å². The molecule has 0 atom stereocenters. The largest absolute Gasteiger partial charge is 0.337 e. The van der Waals surface area contributed by atoms with Gasteiger partial charge in [-0.25, -0.2) is 14.4 Å². The molecular formula is C19H16ClFN4O. The van der Waals surface area contributed by atoms with Crippen LogP contribution in [0.15, 0.2) is 60.9 Å². The lowest BCUT2D eigenvalue weighted by molar-refractivity contribution is 0.0784. The predicted octanol–water partition coefficient (Wildman–Crippen LogP) is 4.28. The lowest BCUT2D eigenvalue weighted by Gasteiger charge is -2.19. The summed E-state index contributed by atoms with van der Waals surface area (Å²) in [7, 11) is 1.60. The predicted molar refractivity (Wildman–Crippen MR) is 99.0 cm³/mol.